The molecule has 9 unspecified atom stereocenters. The molecule has 0 radical (unpaired) electrons. The molecule has 0 bridgehead atoms. The minimum absolute atomic E-state index is 0.246. The van der Waals surface area contributed by atoms with Crippen LogP contribution >= 0.6 is 0 Å². The summed E-state index contributed by atoms with van der Waals surface area (Å²) in [5.74, 6) is -0.719. The zero-order valence-corrected chi connectivity index (χ0v) is 29.7. The molecule has 1 saturated heterocycles. The number of allylic oxidation sites excluding steroid dienone is 4. The molecule has 0 aromatic rings. The first-order chi connectivity index (χ1) is 23.2. The number of aliphatic hydroxyl groups is 7. The van der Waals surface area contributed by atoms with Gasteiger partial charge in [-0.25, -0.2) is 0 Å². The summed E-state index contributed by atoms with van der Waals surface area (Å²) in [6.45, 7) is 3.27. The predicted molar refractivity (Wildman–Crippen MR) is 187 cm³/mol. The summed E-state index contributed by atoms with van der Waals surface area (Å²) >= 11 is 0. The molecule has 1 amide bonds. The van der Waals surface area contributed by atoms with Crippen LogP contribution in [0.5, 0.6) is 0 Å². The van der Waals surface area contributed by atoms with Crippen molar-refractivity contribution >= 4 is 5.91 Å². The van der Waals surface area contributed by atoms with Crippen molar-refractivity contribution in [1.82, 2.24) is 5.32 Å². The van der Waals surface area contributed by atoms with E-state index in [1.165, 1.54) is 32.1 Å². The molecule has 48 heavy (non-hydrogen) atoms. The highest BCUT2D eigenvalue weighted by atomic mass is 16.7. The van der Waals surface area contributed by atoms with Crippen molar-refractivity contribution in [2.75, 3.05) is 13.2 Å². The van der Waals surface area contributed by atoms with Gasteiger partial charge in [-0.3, -0.25) is 4.79 Å². The van der Waals surface area contributed by atoms with Crippen molar-refractivity contribution in [3.63, 3.8) is 0 Å². The van der Waals surface area contributed by atoms with Crippen molar-refractivity contribution in [1.29, 1.82) is 0 Å². The number of nitrogens with one attached hydrogen (secondary N) is 1. The highest BCUT2D eigenvalue weighted by Crippen LogP contribution is 2.23. The van der Waals surface area contributed by atoms with Gasteiger partial charge in [0.05, 0.1) is 25.4 Å². The second-order valence-corrected chi connectivity index (χ2v) is 13.3. The monoisotopic (exact) mass is 687 g/mol. The fourth-order valence-corrected chi connectivity index (χ4v) is 5.71. The van der Waals surface area contributed by atoms with Crippen LogP contribution in [-0.2, 0) is 14.3 Å². The molecular weight excluding hydrogens is 618 g/mol. The molecule has 0 saturated carbocycles. The third-order valence-electron chi connectivity index (χ3n) is 8.98. The third kappa shape index (κ3) is 19.1. The molecule has 11 nitrogen and oxygen atoms in total. The number of ether oxygens (including phenoxy) is 2. The topological polar surface area (TPSA) is 189 Å². The van der Waals surface area contributed by atoms with Crippen molar-refractivity contribution in [2.45, 2.75) is 191 Å². The Labute approximate surface area is 289 Å². The molecule has 1 rings (SSSR count). The van der Waals surface area contributed by atoms with Crippen molar-refractivity contribution in [3.8, 4) is 0 Å². The normalized spacial score (nSPS) is 24.2. The van der Waals surface area contributed by atoms with Crippen molar-refractivity contribution < 1.29 is 50.0 Å². The van der Waals surface area contributed by atoms with Gasteiger partial charge in [-0.1, -0.05) is 102 Å². The predicted octanol–water partition coefficient (Wildman–Crippen LogP) is 3.93. The van der Waals surface area contributed by atoms with E-state index in [2.05, 4.69) is 37.4 Å². The van der Waals surface area contributed by atoms with Gasteiger partial charge in [0, 0.05) is 0 Å². The summed E-state index contributed by atoms with van der Waals surface area (Å²) in [4.78, 5) is 12.9. The fraction of sp³-hybridized carbons (Fsp3) is 0.865. The number of unbranched alkanes of at least 4 members (excludes halogenated alkanes) is 13. The SMILES string of the molecule is CCCC/C=C/CCCC(O)C(O)C(COC1OC(CO)C(O)C(O)C1O)NC(=O)C(O)CCCCCCCC/C=C\CCCCCC. The lowest BCUT2D eigenvalue weighted by Crippen LogP contribution is -2.60. The highest BCUT2D eigenvalue weighted by molar-refractivity contribution is 5.80. The zero-order chi connectivity index (χ0) is 35.6. The second kappa shape index (κ2) is 28.3. The molecule has 8 N–H and O–H groups in total. The number of carbonyl (C=O) groups excluding carboxylic acids is 1. The van der Waals surface area contributed by atoms with Crippen LogP contribution in [-0.4, -0.2) is 110 Å². The summed E-state index contributed by atoms with van der Waals surface area (Å²) in [6.07, 6.45) is 15.6. The second-order valence-electron chi connectivity index (χ2n) is 13.3. The van der Waals surface area contributed by atoms with Gasteiger partial charge < -0.3 is 50.5 Å². The molecular formula is C37H69NO10. The smallest absolute Gasteiger partial charge is 0.249 e. The standard InChI is InChI=1S/C37H69NO10/c1-3-5-7-9-11-12-13-14-15-16-17-19-21-23-25-30(41)36(46)38-28(32(42)29(40)24-22-20-18-10-8-6-4-2)27-47-37-35(45)34(44)33(43)31(26-39)48-37/h10,12-13,18,28-35,37,39-45H,3-9,11,14-17,19-27H2,1-2H3,(H,38,46)/b13-12-,18-10+. The first-order valence-corrected chi connectivity index (χ1v) is 18.7. The maximum Gasteiger partial charge on any atom is 0.249 e. The van der Waals surface area contributed by atoms with E-state index >= 15 is 0 Å². The lowest BCUT2D eigenvalue weighted by molar-refractivity contribution is -0.303. The van der Waals surface area contributed by atoms with E-state index in [0.29, 0.717) is 12.8 Å². The number of aliphatic hydroxyl groups excluding tert-OH is 7. The van der Waals surface area contributed by atoms with Gasteiger partial charge in [0.1, 0.15) is 36.6 Å². The quantitative estimate of drug-likeness (QED) is 0.0423. The minimum Gasteiger partial charge on any atom is -0.394 e. The van der Waals surface area contributed by atoms with Gasteiger partial charge in [0.15, 0.2) is 6.29 Å². The van der Waals surface area contributed by atoms with Crippen LogP contribution in [0.1, 0.15) is 136 Å². The van der Waals surface area contributed by atoms with Gasteiger partial charge in [0.2, 0.25) is 5.91 Å². The molecule has 282 valence electrons. The maximum atomic E-state index is 12.9. The first kappa shape index (κ1) is 44.6. The van der Waals surface area contributed by atoms with Gasteiger partial charge in [-0.05, 0) is 57.8 Å². The number of amides is 1. The lowest BCUT2D eigenvalue weighted by atomic mass is 9.98. The minimum atomic E-state index is -1.66. The van der Waals surface area contributed by atoms with Crippen LogP contribution in [0.2, 0.25) is 0 Å². The molecule has 1 heterocycles. The van der Waals surface area contributed by atoms with Gasteiger partial charge in [0.25, 0.3) is 0 Å². The summed E-state index contributed by atoms with van der Waals surface area (Å²) in [7, 11) is 0. The van der Waals surface area contributed by atoms with Crippen molar-refractivity contribution in [2.24, 2.45) is 0 Å². The van der Waals surface area contributed by atoms with Gasteiger partial charge >= 0.3 is 0 Å². The summed E-state index contributed by atoms with van der Waals surface area (Å²) < 4.78 is 11.0. The Morgan fingerprint density at radius 1 is 0.708 bits per heavy atom. The van der Waals surface area contributed by atoms with E-state index in [0.717, 1.165) is 64.2 Å². The molecule has 9 atom stereocenters. The molecule has 1 aliphatic heterocycles. The Hall–Kier alpha value is -1.41. The molecule has 0 spiro atoms. The Bertz CT molecular complexity index is 841. The number of hydrogen-bond donors (Lipinski definition) is 8. The fourth-order valence-electron chi connectivity index (χ4n) is 5.71. The zero-order valence-electron chi connectivity index (χ0n) is 29.7. The van der Waals surface area contributed by atoms with E-state index in [-0.39, 0.29) is 12.8 Å². The molecule has 0 aromatic heterocycles. The van der Waals surface area contributed by atoms with E-state index < -0.39 is 74.2 Å². The highest BCUT2D eigenvalue weighted by Gasteiger charge is 2.44. The molecule has 0 aromatic carbocycles. The number of rotatable bonds is 29. The average Bonchev–Trinajstić information content (AvgIpc) is 3.08. The van der Waals surface area contributed by atoms with Crippen LogP contribution in [0.3, 0.4) is 0 Å². The van der Waals surface area contributed by atoms with Gasteiger partial charge in [-0.2, -0.15) is 0 Å². The Morgan fingerprint density at radius 3 is 1.85 bits per heavy atom. The Morgan fingerprint density at radius 2 is 1.25 bits per heavy atom. The third-order valence-corrected chi connectivity index (χ3v) is 8.98. The van der Waals surface area contributed by atoms with Crippen LogP contribution in [0.4, 0.5) is 0 Å². The van der Waals surface area contributed by atoms with Crippen molar-refractivity contribution in [3.05, 3.63) is 24.3 Å². The summed E-state index contributed by atoms with van der Waals surface area (Å²) in [5.41, 5.74) is 0. The average molecular weight is 688 g/mol. The molecule has 1 fully saturated rings. The maximum absolute atomic E-state index is 12.9. The van der Waals surface area contributed by atoms with Crippen LogP contribution in [0, 0.1) is 0 Å². The largest absolute Gasteiger partial charge is 0.394 e. The lowest BCUT2D eigenvalue weighted by Gasteiger charge is -2.40. The number of hydrogen-bond acceptors (Lipinski definition) is 10. The molecule has 1 aliphatic rings. The van der Waals surface area contributed by atoms with Crippen LogP contribution < -0.4 is 5.32 Å². The molecule has 11 heteroatoms. The molecule has 0 aliphatic carbocycles. The van der Waals surface area contributed by atoms with E-state index in [4.69, 9.17) is 9.47 Å². The summed E-state index contributed by atoms with van der Waals surface area (Å²) in [5, 5.41) is 74.8. The van der Waals surface area contributed by atoms with Crippen LogP contribution in [0.15, 0.2) is 24.3 Å². The van der Waals surface area contributed by atoms with Gasteiger partial charge in [-0.15, -0.1) is 0 Å². The van der Waals surface area contributed by atoms with E-state index in [9.17, 15) is 40.5 Å². The number of carbonyl (C=O) groups is 1. The van der Waals surface area contributed by atoms with Crippen LogP contribution in [0.25, 0.3) is 0 Å². The summed E-state index contributed by atoms with van der Waals surface area (Å²) in [6, 6.07) is -1.18. The first-order valence-electron chi connectivity index (χ1n) is 18.7. The van der Waals surface area contributed by atoms with E-state index in [1.54, 1.807) is 0 Å². The Balaban J connectivity index is 2.56. The van der Waals surface area contributed by atoms with E-state index in [1.807, 2.05) is 6.08 Å². The Kier molecular flexibility index (Phi) is 26.3.